The molecule has 4 rings (SSSR count). The van der Waals surface area contributed by atoms with Crippen LogP contribution in [0, 0.1) is 0 Å². The third-order valence-electron chi connectivity index (χ3n) is 4.76. The van der Waals surface area contributed by atoms with Crippen molar-refractivity contribution in [2.45, 2.75) is 30.0 Å². The quantitative estimate of drug-likeness (QED) is 0.571. The molecule has 3 aromatic rings. The first kappa shape index (κ1) is 21.0. The Bertz CT molecular complexity index is 1110. The van der Waals surface area contributed by atoms with Gasteiger partial charge in [-0.3, -0.25) is 4.79 Å². The fraction of sp³-hybridized carbons (Fsp3) is 0.300. The van der Waals surface area contributed by atoms with Crippen molar-refractivity contribution in [1.82, 2.24) is 9.29 Å². The lowest BCUT2D eigenvalue weighted by atomic mass is 10.2. The van der Waals surface area contributed by atoms with Crippen molar-refractivity contribution in [2.75, 3.05) is 18.5 Å². The number of ether oxygens (including phenoxy) is 1. The molecule has 0 saturated carbocycles. The third kappa shape index (κ3) is 4.27. The molecule has 1 aliphatic heterocycles. The second-order valence-electron chi connectivity index (χ2n) is 6.69. The zero-order chi connectivity index (χ0) is 21.1. The average molecular weight is 464 g/mol. The Morgan fingerprint density at radius 1 is 1.27 bits per heavy atom. The van der Waals surface area contributed by atoms with Crippen LogP contribution in [0.5, 0.6) is 5.75 Å². The molecule has 30 heavy (non-hydrogen) atoms. The van der Waals surface area contributed by atoms with Gasteiger partial charge in [0.1, 0.15) is 16.0 Å². The molecular weight excluding hydrogens is 442 g/mol. The van der Waals surface area contributed by atoms with Gasteiger partial charge in [0.2, 0.25) is 5.91 Å². The van der Waals surface area contributed by atoms with Gasteiger partial charge in [0, 0.05) is 17.5 Å². The summed E-state index contributed by atoms with van der Waals surface area (Å²) in [5.74, 6) is 0.443. The van der Waals surface area contributed by atoms with Gasteiger partial charge in [-0.1, -0.05) is 6.07 Å². The van der Waals surface area contributed by atoms with E-state index in [0.717, 1.165) is 28.3 Å². The van der Waals surface area contributed by atoms with Crippen LogP contribution in [0.25, 0.3) is 11.3 Å². The molecule has 7 nitrogen and oxygen atoms in total. The number of carbonyl (C=O) groups excluding carboxylic acids is 1. The summed E-state index contributed by atoms with van der Waals surface area (Å²) in [6.07, 6.45) is 1.14. The Labute approximate surface area is 183 Å². The van der Waals surface area contributed by atoms with E-state index >= 15 is 0 Å². The number of hydrogen-bond donors (Lipinski definition) is 1. The summed E-state index contributed by atoms with van der Waals surface area (Å²) >= 11 is 2.47. The van der Waals surface area contributed by atoms with E-state index in [0.29, 0.717) is 31.1 Å². The van der Waals surface area contributed by atoms with Gasteiger partial charge >= 0.3 is 0 Å². The normalized spacial score (nSPS) is 17.2. The minimum absolute atomic E-state index is 0.259. The van der Waals surface area contributed by atoms with Crippen LogP contribution in [0.2, 0.25) is 0 Å². The Morgan fingerprint density at radius 2 is 2.07 bits per heavy atom. The highest BCUT2D eigenvalue weighted by Crippen LogP contribution is 2.30. The first-order valence-electron chi connectivity index (χ1n) is 9.54. The Morgan fingerprint density at radius 3 is 2.77 bits per heavy atom. The lowest BCUT2D eigenvalue weighted by Crippen LogP contribution is -2.42. The molecule has 0 bridgehead atoms. The van der Waals surface area contributed by atoms with E-state index in [1.807, 2.05) is 36.6 Å². The standard InChI is InChI=1S/C20H21N3O4S3/c1-2-27-15-9-7-14(8-10-15)16-13-29-20(21-16)22-19(24)17-5-3-11-23(17)30(25,26)18-6-4-12-28-18/h4,6-10,12-13,17H,2-3,5,11H2,1H3,(H,21,22,24). The van der Waals surface area contributed by atoms with Gasteiger partial charge in [-0.05, 0) is 55.5 Å². The van der Waals surface area contributed by atoms with Crippen molar-refractivity contribution in [3.8, 4) is 17.0 Å². The topological polar surface area (TPSA) is 88.6 Å². The molecular formula is C20H21N3O4S3. The number of aromatic nitrogens is 1. The lowest BCUT2D eigenvalue weighted by molar-refractivity contribution is -0.119. The van der Waals surface area contributed by atoms with Gasteiger partial charge in [0.05, 0.1) is 12.3 Å². The van der Waals surface area contributed by atoms with Crippen molar-refractivity contribution in [1.29, 1.82) is 0 Å². The van der Waals surface area contributed by atoms with Crippen LogP contribution in [0.15, 0.2) is 51.4 Å². The predicted octanol–water partition coefficient (Wildman–Crippen LogP) is 4.06. The van der Waals surface area contributed by atoms with Crippen LogP contribution in [-0.4, -0.2) is 42.8 Å². The summed E-state index contributed by atoms with van der Waals surface area (Å²) in [5, 5.41) is 6.82. The van der Waals surface area contributed by atoms with Crippen molar-refractivity contribution in [3.63, 3.8) is 0 Å². The van der Waals surface area contributed by atoms with Crippen LogP contribution in [-0.2, 0) is 14.8 Å². The first-order valence-corrected chi connectivity index (χ1v) is 12.7. The monoisotopic (exact) mass is 463 g/mol. The van der Waals surface area contributed by atoms with Crippen LogP contribution in [0.3, 0.4) is 0 Å². The number of thiophene rings is 1. The average Bonchev–Trinajstić information content (AvgIpc) is 3.49. The van der Waals surface area contributed by atoms with Crippen molar-refractivity contribution >= 4 is 43.7 Å². The Kier molecular flexibility index (Phi) is 6.19. The maximum absolute atomic E-state index is 12.9. The minimum Gasteiger partial charge on any atom is -0.494 e. The Hall–Kier alpha value is -2.27. The van der Waals surface area contributed by atoms with Gasteiger partial charge in [-0.2, -0.15) is 4.31 Å². The molecule has 1 aromatic carbocycles. The van der Waals surface area contributed by atoms with Crippen LogP contribution < -0.4 is 10.1 Å². The molecule has 1 amide bonds. The summed E-state index contributed by atoms with van der Waals surface area (Å²) in [6.45, 7) is 2.88. The van der Waals surface area contributed by atoms with E-state index in [2.05, 4.69) is 10.3 Å². The van der Waals surface area contributed by atoms with Gasteiger partial charge in [-0.15, -0.1) is 22.7 Å². The molecule has 3 heterocycles. The fourth-order valence-corrected chi connectivity index (χ4v) is 6.86. The number of thiazole rings is 1. The highest BCUT2D eigenvalue weighted by molar-refractivity contribution is 7.91. The van der Waals surface area contributed by atoms with Gasteiger partial charge < -0.3 is 10.1 Å². The fourth-order valence-electron chi connectivity index (χ4n) is 3.36. The number of rotatable bonds is 7. The van der Waals surface area contributed by atoms with Gasteiger partial charge in [0.25, 0.3) is 10.0 Å². The molecule has 158 valence electrons. The summed E-state index contributed by atoms with van der Waals surface area (Å²) < 4.78 is 32.7. The minimum atomic E-state index is -3.67. The number of benzene rings is 1. The molecule has 2 aromatic heterocycles. The lowest BCUT2D eigenvalue weighted by Gasteiger charge is -2.22. The van der Waals surface area contributed by atoms with E-state index in [9.17, 15) is 13.2 Å². The number of sulfonamides is 1. The number of nitrogens with zero attached hydrogens (tertiary/aromatic N) is 2. The van der Waals surface area contributed by atoms with Crippen molar-refractivity contribution in [2.24, 2.45) is 0 Å². The van der Waals surface area contributed by atoms with Gasteiger partial charge in [-0.25, -0.2) is 13.4 Å². The SMILES string of the molecule is CCOc1ccc(-c2csc(NC(=O)C3CCCN3S(=O)(=O)c3cccs3)n2)cc1. The molecule has 1 N–H and O–H groups in total. The molecule has 1 fully saturated rings. The number of hydrogen-bond acceptors (Lipinski definition) is 7. The van der Waals surface area contributed by atoms with Crippen molar-refractivity contribution < 1.29 is 17.9 Å². The summed E-state index contributed by atoms with van der Waals surface area (Å²) in [5.41, 5.74) is 1.66. The second kappa shape index (κ2) is 8.84. The summed E-state index contributed by atoms with van der Waals surface area (Å²) in [7, 11) is -3.67. The van der Waals surface area contributed by atoms with Gasteiger partial charge in [0.15, 0.2) is 5.13 Å². The molecule has 0 radical (unpaired) electrons. The molecule has 1 unspecified atom stereocenters. The highest BCUT2D eigenvalue weighted by Gasteiger charge is 2.40. The largest absolute Gasteiger partial charge is 0.494 e. The Balaban J connectivity index is 1.46. The number of amides is 1. The molecule has 10 heteroatoms. The van der Waals surface area contributed by atoms with E-state index in [1.165, 1.54) is 15.6 Å². The summed E-state index contributed by atoms with van der Waals surface area (Å²) in [6, 6.07) is 10.1. The maximum atomic E-state index is 12.9. The molecule has 1 atom stereocenters. The second-order valence-corrected chi connectivity index (χ2v) is 10.6. The van der Waals surface area contributed by atoms with Crippen LogP contribution in [0.1, 0.15) is 19.8 Å². The molecule has 1 aliphatic rings. The molecule has 1 saturated heterocycles. The number of nitrogens with one attached hydrogen (secondary N) is 1. The molecule has 0 spiro atoms. The zero-order valence-electron chi connectivity index (χ0n) is 16.3. The van der Waals surface area contributed by atoms with Crippen LogP contribution in [0.4, 0.5) is 5.13 Å². The van der Waals surface area contributed by atoms with E-state index < -0.39 is 16.1 Å². The maximum Gasteiger partial charge on any atom is 0.253 e. The van der Waals surface area contributed by atoms with Crippen LogP contribution >= 0.6 is 22.7 Å². The molecule has 0 aliphatic carbocycles. The third-order valence-corrected chi connectivity index (χ3v) is 8.80. The summed E-state index contributed by atoms with van der Waals surface area (Å²) in [4.78, 5) is 17.3. The van der Waals surface area contributed by atoms with E-state index in [-0.39, 0.29) is 10.1 Å². The zero-order valence-corrected chi connectivity index (χ0v) is 18.7. The van der Waals surface area contributed by atoms with E-state index in [1.54, 1.807) is 17.5 Å². The predicted molar refractivity (Wildman–Crippen MR) is 119 cm³/mol. The highest BCUT2D eigenvalue weighted by atomic mass is 32.2. The smallest absolute Gasteiger partial charge is 0.253 e. The first-order chi connectivity index (χ1) is 14.5. The number of anilines is 1. The van der Waals surface area contributed by atoms with E-state index in [4.69, 9.17) is 4.74 Å². The number of carbonyl (C=O) groups is 1. The van der Waals surface area contributed by atoms with Crippen molar-refractivity contribution in [3.05, 3.63) is 47.2 Å².